The molecular formula is C32H35N3O3. The zero-order valence-corrected chi connectivity index (χ0v) is 21.9. The van der Waals surface area contributed by atoms with E-state index in [1.165, 1.54) is 6.42 Å². The molecule has 0 radical (unpaired) electrons. The average Bonchev–Trinajstić information content (AvgIpc) is 3.19. The van der Waals surface area contributed by atoms with Crippen LogP contribution in [0, 0.1) is 11.8 Å². The molecule has 0 bridgehead atoms. The Morgan fingerprint density at radius 1 is 1.03 bits per heavy atom. The molecule has 1 fully saturated rings. The van der Waals surface area contributed by atoms with Crippen LogP contribution in [0.3, 0.4) is 0 Å². The highest BCUT2D eigenvalue weighted by Crippen LogP contribution is 2.27. The molecule has 2 aromatic rings. The van der Waals surface area contributed by atoms with Gasteiger partial charge in [-0.1, -0.05) is 74.4 Å². The molecule has 4 rings (SSSR count). The predicted octanol–water partition coefficient (Wildman–Crippen LogP) is 6.69. The average molecular weight is 510 g/mol. The second-order valence-corrected chi connectivity index (χ2v) is 9.66. The molecule has 2 aliphatic carbocycles. The van der Waals surface area contributed by atoms with Crippen LogP contribution in [-0.2, 0) is 14.3 Å². The minimum absolute atomic E-state index is 0.0896. The number of hydrogen-bond donors (Lipinski definition) is 2. The van der Waals surface area contributed by atoms with Crippen molar-refractivity contribution >= 4 is 23.4 Å². The highest BCUT2D eigenvalue weighted by molar-refractivity contribution is 5.92. The minimum atomic E-state index is -0.511. The molecule has 1 aromatic heterocycles. The highest BCUT2D eigenvalue weighted by Gasteiger charge is 2.22. The van der Waals surface area contributed by atoms with E-state index in [4.69, 9.17) is 4.74 Å². The van der Waals surface area contributed by atoms with Gasteiger partial charge in [0.1, 0.15) is 17.3 Å². The number of aromatic nitrogens is 1. The van der Waals surface area contributed by atoms with E-state index in [0.29, 0.717) is 23.8 Å². The third-order valence-corrected chi connectivity index (χ3v) is 6.70. The molecule has 0 spiro atoms. The summed E-state index contributed by atoms with van der Waals surface area (Å²) in [6, 6.07) is 15.0. The largest absolute Gasteiger partial charge is 0.457 e. The summed E-state index contributed by atoms with van der Waals surface area (Å²) in [6.45, 7) is 5.92. The SMILES string of the molecule is C=C(OC(=CC(C)C(=O)Nc1ccccn1)C1=CC=C(NC(=O)C2CCCCC2)CC=C1)c1ccccc1. The van der Waals surface area contributed by atoms with Crippen molar-refractivity contribution in [3.63, 3.8) is 0 Å². The van der Waals surface area contributed by atoms with Crippen LogP contribution in [0.2, 0.25) is 0 Å². The van der Waals surface area contributed by atoms with Gasteiger partial charge in [0.25, 0.3) is 0 Å². The van der Waals surface area contributed by atoms with Gasteiger partial charge in [-0.15, -0.1) is 0 Å². The number of hydrogen-bond acceptors (Lipinski definition) is 4. The van der Waals surface area contributed by atoms with Gasteiger partial charge >= 0.3 is 0 Å². The van der Waals surface area contributed by atoms with E-state index in [0.717, 1.165) is 42.5 Å². The van der Waals surface area contributed by atoms with Crippen LogP contribution >= 0.6 is 0 Å². The Morgan fingerprint density at radius 3 is 2.53 bits per heavy atom. The first kappa shape index (κ1) is 26.9. The Balaban J connectivity index is 1.55. The van der Waals surface area contributed by atoms with Crippen molar-refractivity contribution in [2.24, 2.45) is 11.8 Å². The van der Waals surface area contributed by atoms with Crippen molar-refractivity contribution in [2.45, 2.75) is 45.4 Å². The number of allylic oxidation sites excluding steroid dienone is 4. The molecule has 1 unspecified atom stereocenters. The fraction of sp³-hybridized carbons (Fsp3) is 0.281. The molecule has 6 heteroatoms. The number of ether oxygens (including phenoxy) is 1. The van der Waals surface area contributed by atoms with E-state index in [9.17, 15) is 9.59 Å². The molecule has 1 atom stereocenters. The number of amides is 2. The molecule has 2 N–H and O–H groups in total. The fourth-order valence-electron chi connectivity index (χ4n) is 4.49. The minimum Gasteiger partial charge on any atom is -0.457 e. The Morgan fingerprint density at radius 2 is 1.79 bits per heavy atom. The van der Waals surface area contributed by atoms with Gasteiger partial charge in [-0.25, -0.2) is 4.98 Å². The quantitative estimate of drug-likeness (QED) is 0.369. The molecule has 1 aromatic carbocycles. The summed E-state index contributed by atoms with van der Waals surface area (Å²) in [4.78, 5) is 29.9. The predicted molar refractivity (Wildman–Crippen MR) is 151 cm³/mol. The highest BCUT2D eigenvalue weighted by atomic mass is 16.5. The van der Waals surface area contributed by atoms with E-state index in [2.05, 4.69) is 22.2 Å². The van der Waals surface area contributed by atoms with E-state index in [1.807, 2.05) is 60.7 Å². The van der Waals surface area contributed by atoms with Crippen molar-refractivity contribution < 1.29 is 14.3 Å². The van der Waals surface area contributed by atoms with Gasteiger partial charge in [-0.05, 0) is 50.1 Å². The van der Waals surface area contributed by atoms with Crippen LogP contribution in [0.5, 0.6) is 0 Å². The first-order chi connectivity index (χ1) is 18.5. The Hall–Kier alpha value is -4.19. The Labute approximate surface area is 224 Å². The van der Waals surface area contributed by atoms with Gasteiger partial charge in [0.05, 0.1) is 5.92 Å². The number of nitrogens with zero attached hydrogens (tertiary/aromatic N) is 1. The molecular weight excluding hydrogens is 474 g/mol. The van der Waals surface area contributed by atoms with Crippen LogP contribution in [-0.4, -0.2) is 16.8 Å². The number of rotatable bonds is 9. The summed E-state index contributed by atoms with van der Waals surface area (Å²) in [5.74, 6) is 0.949. The molecule has 1 heterocycles. The Bertz CT molecular complexity index is 1250. The number of carbonyl (C=O) groups is 2. The van der Waals surface area contributed by atoms with Gasteiger partial charge in [-0.2, -0.15) is 0 Å². The van der Waals surface area contributed by atoms with Gasteiger partial charge in [0.2, 0.25) is 11.8 Å². The zero-order chi connectivity index (χ0) is 26.7. The maximum atomic E-state index is 12.9. The molecule has 0 saturated heterocycles. The van der Waals surface area contributed by atoms with Gasteiger partial charge in [-0.3, -0.25) is 9.59 Å². The molecule has 1 saturated carbocycles. The number of anilines is 1. The number of pyridine rings is 1. The zero-order valence-electron chi connectivity index (χ0n) is 21.9. The van der Waals surface area contributed by atoms with Crippen LogP contribution in [0.1, 0.15) is 51.0 Å². The lowest BCUT2D eigenvalue weighted by Gasteiger charge is -2.21. The normalized spacial score (nSPS) is 16.9. The van der Waals surface area contributed by atoms with Gasteiger partial charge in [0, 0.05) is 35.4 Å². The maximum Gasteiger partial charge on any atom is 0.232 e. The Kier molecular flexibility index (Phi) is 9.46. The summed E-state index contributed by atoms with van der Waals surface area (Å²) in [6.07, 6.45) is 17.1. The van der Waals surface area contributed by atoms with Crippen molar-refractivity contribution in [2.75, 3.05) is 5.32 Å². The van der Waals surface area contributed by atoms with Crippen molar-refractivity contribution in [1.29, 1.82) is 0 Å². The van der Waals surface area contributed by atoms with E-state index in [-0.39, 0.29) is 17.7 Å². The standard InChI is InChI=1S/C32H35N3O3/c1-23(31(36)35-30-18-9-10-21-33-30)22-29(38-24(2)25-12-5-3-6-13-25)26-16-11-17-28(20-19-26)34-32(37)27-14-7-4-8-15-27/h3,5-6,9-13,16,18-23,27H,2,4,7-8,14-15,17H2,1H3,(H,34,37)(H,33,35,36). The van der Waals surface area contributed by atoms with Crippen LogP contribution in [0.4, 0.5) is 5.82 Å². The van der Waals surface area contributed by atoms with Crippen LogP contribution in [0.15, 0.2) is 109 Å². The van der Waals surface area contributed by atoms with E-state index < -0.39 is 5.92 Å². The summed E-state index contributed by atoms with van der Waals surface area (Å²) < 4.78 is 6.25. The van der Waals surface area contributed by atoms with Crippen molar-refractivity contribution in [3.05, 3.63) is 114 Å². The van der Waals surface area contributed by atoms with Crippen molar-refractivity contribution in [3.8, 4) is 0 Å². The maximum absolute atomic E-state index is 12.9. The molecule has 2 aliphatic rings. The van der Waals surface area contributed by atoms with Crippen molar-refractivity contribution in [1.82, 2.24) is 10.3 Å². The molecule has 38 heavy (non-hydrogen) atoms. The summed E-state index contributed by atoms with van der Waals surface area (Å²) in [5.41, 5.74) is 2.47. The molecule has 0 aliphatic heterocycles. The summed E-state index contributed by atoms with van der Waals surface area (Å²) in [7, 11) is 0. The molecule has 196 valence electrons. The number of nitrogens with one attached hydrogen (secondary N) is 2. The summed E-state index contributed by atoms with van der Waals surface area (Å²) in [5, 5.41) is 5.96. The monoisotopic (exact) mass is 509 g/mol. The van der Waals surface area contributed by atoms with Crippen LogP contribution < -0.4 is 10.6 Å². The lowest BCUT2D eigenvalue weighted by molar-refractivity contribution is -0.125. The smallest absolute Gasteiger partial charge is 0.232 e. The topological polar surface area (TPSA) is 80.3 Å². The van der Waals surface area contributed by atoms with Gasteiger partial charge in [0.15, 0.2) is 0 Å². The lowest BCUT2D eigenvalue weighted by atomic mass is 9.88. The van der Waals surface area contributed by atoms with Gasteiger partial charge < -0.3 is 15.4 Å². The number of benzene rings is 1. The third kappa shape index (κ3) is 7.65. The fourth-order valence-corrected chi connectivity index (χ4v) is 4.49. The second kappa shape index (κ2) is 13.4. The van der Waals surface area contributed by atoms with E-state index in [1.54, 1.807) is 31.3 Å². The van der Waals surface area contributed by atoms with Crippen LogP contribution in [0.25, 0.3) is 5.76 Å². The molecule has 2 amide bonds. The second-order valence-electron chi connectivity index (χ2n) is 9.66. The third-order valence-electron chi connectivity index (χ3n) is 6.70. The summed E-state index contributed by atoms with van der Waals surface area (Å²) >= 11 is 0. The molecule has 6 nitrogen and oxygen atoms in total. The first-order valence-electron chi connectivity index (χ1n) is 13.2. The number of carbonyl (C=O) groups excluding carboxylic acids is 2. The van der Waals surface area contributed by atoms with E-state index >= 15 is 0 Å². The lowest BCUT2D eigenvalue weighted by Crippen LogP contribution is -2.31. The first-order valence-corrected chi connectivity index (χ1v) is 13.2.